The van der Waals surface area contributed by atoms with Crippen LogP contribution in [-0.4, -0.2) is 80.8 Å². The second kappa shape index (κ2) is 11.6. The van der Waals surface area contributed by atoms with Crippen LogP contribution in [0.1, 0.15) is 73.7 Å². The van der Waals surface area contributed by atoms with Gasteiger partial charge in [-0.1, -0.05) is 19.3 Å². The molecule has 8 heteroatoms. The van der Waals surface area contributed by atoms with Crippen LogP contribution in [0.3, 0.4) is 0 Å². The molecular formula is C28H39N3O5. The molecule has 2 fully saturated rings. The minimum atomic E-state index is -0.288. The molecule has 0 radical (unpaired) electrons. The van der Waals surface area contributed by atoms with Crippen molar-refractivity contribution < 1.29 is 23.8 Å². The van der Waals surface area contributed by atoms with Gasteiger partial charge in [0.25, 0.3) is 5.91 Å². The maximum Gasteiger partial charge on any atom is 0.257 e. The molecular weight excluding hydrogens is 458 g/mol. The summed E-state index contributed by atoms with van der Waals surface area (Å²) in [6, 6.07) is 7.09. The first kappa shape index (κ1) is 26.4. The van der Waals surface area contributed by atoms with Crippen molar-refractivity contribution >= 4 is 11.8 Å². The molecule has 0 aromatic heterocycles. The van der Waals surface area contributed by atoms with Gasteiger partial charge in [0, 0.05) is 40.7 Å². The number of rotatable bonds is 1. The largest absolute Gasteiger partial charge is 0.490 e. The summed E-state index contributed by atoms with van der Waals surface area (Å²) in [7, 11) is 5.33. The highest BCUT2D eigenvalue weighted by Gasteiger charge is 2.38. The van der Waals surface area contributed by atoms with E-state index in [1.165, 1.54) is 0 Å². The first-order chi connectivity index (χ1) is 17.3. The number of ether oxygens (including phenoxy) is 3. The fourth-order valence-electron chi connectivity index (χ4n) is 6.02. The molecule has 3 aliphatic rings. The van der Waals surface area contributed by atoms with Gasteiger partial charge in [0.05, 0.1) is 29.4 Å². The van der Waals surface area contributed by atoms with Gasteiger partial charge in [0.1, 0.15) is 18.5 Å². The standard InChI is InChI=1S/C28H39N3O5/c1-30-14-11-21-8-10-24(34-3)25(36-21)18-35-23-9-7-20(17-29)15-22(23)27(33)31(2)19-28(16-26(30)32)12-5-4-6-13-28/h7,9,15,21,24-25H,4-6,8,10-14,16,18-19H2,1-3H3/t21-,24-,25-/m1/s1. The Morgan fingerprint density at radius 1 is 1.08 bits per heavy atom. The van der Waals surface area contributed by atoms with E-state index in [0.717, 1.165) is 51.4 Å². The number of methoxy groups -OCH3 is 1. The summed E-state index contributed by atoms with van der Waals surface area (Å²) in [5.41, 5.74) is 0.526. The summed E-state index contributed by atoms with van der Waals surface area (Å²) in [4.78, 5) is 30.6. The van der Waals surface area contributed by atoms with Crippen molar-refractivity contribution in [3.05, 3.63) is 29.3 Å². The van der Waals surface area contributed by atoms with Crippen LogP contribution in [0.2, 0.25) is 0 Å². The van der Waals surface area contributed by atoms with Crippen LogP contribution in [-0.2, 0) is 14.3 Å². The summed E-state index contributed by atoms with van der Waals surface area (Å²) in [5.74, 6) is 0.361. The van der Waals surface area contributed by atoms with Crippen LogP contribution in [0.5, 0.6) is 5.75 Å². The van der Waals surface area contributed by atoms with Crippen molar-refractivity contribution in [2.75, 3.05) is 40.9 Å². The lowest BCUT2D eigenvalue weighted by Gasteiger charge is -2.41. The van der Waals surface area contributed by atoms with E-state index in [-0.39, 0.29) is 42.1 Å². The maximum absolute atomic E-state index is 13.7. The Bertz CT molecular complexity index is 984. The SMILES string of the molecule is CO[C@@H]1CC[C@@H]2CCN(C)C(=O)CC3(CCCCC3)CN(C)C(=O)c3cc(C#N)ccc3OC[C@H]1O2. The van der Waals surface area contributed by atoms with Crippen molar-refractivity contribution in [3.8, 4) is 11.8 Å². The van der Waals surface area contributed by atoms with Gasteiger partial charge in [-0.05, 0) is 55.7 Å². The third-order valence-electron chi connectivity index (χ3n) is 8.17. The van der Waals surface area contributed by atoms with Gasteiger partial charge in [-0.15, -0.1) is 0 Å². The number of hydrogen-bond donors (Lipinski definition) is 0. The maximum atomic E-state index is 13.7. The molecule has 1 aromatic carbocycles. The smallest absolute Gasteiger partial charge is 0.257 e. The van der Waals surface area contributed by atoms with E-state index >= 15 is 0 Å². The van der Waals surface area contributed by atoms with Gasteiger partial charge in [0.15, 0.2) is 0 Å². The Hall–Kier alpha value is -2.63. The molecule has 1 saturated heterocycles. The number of carbonyl (C=O) groups is 2. The number of carbonyl (C=O) groups excluding carboxylic acids is 2. The third-order valence-corrected chi connectivity index (χ3v) is 8.17. The highest BCUT2D eigenvalue weighted by molar-refractivity contribution is 5.97. The van der Waals surface area contributed by atoms with Gasteiger partial charge in [-0.3, -0.25) is 9.59 Å². The Kier molecular flexibility index (Phi) is 8.53. The monoisotopic (exact) mass is 497 g/mol. The lowest BCUT2D eigenvalue weighted by Crippen LogP contribution is -2.46. The second-order valence-electron chi connectivity index (χ2n) is 10.8. The minimum Gasteiger partial charge on any atom is -0.490 e. The number of benzene rings is 1. The number of fused-ring (bicyclic) bond motifs is 3. The zero-order valence-corrected chi connectivity index (χ0v) is 21.8. The Morgan fingerprint density at radius 2 is 1.86 bits per heavy atom. The minimum absolute atomic E-state index is 0.0185. The quantitative estimate of drug-likeness (QED) is 0.587. The molecule has 1 aliphatic carbocycles. The summed E-state index contributed by atoms with van der Waals surface area (Å²) < 4.78 is 18.2. The predicted octanol–water partition coefficient (Wildman–Crippen LogP) is 3.77. The van der Waals surface area contributed by atoms with Gasteiger partial charge < -0.3 is 24.0 Å². The number of nitrogens with zero attached hydrogens (tertiary/aromatic N) is 3. The second-order valence-corrected chi connectivity index (χ2v) is 10.8. The Labute approximate surface area is 214 Å². The predicted molar refractivity (Wildman–Crippen MR) is 135 cm³/mol. The highest BCUT2D eigenvalue weighted by Crippen LogP contribution is 2.41. The lowest BCUT2D eigenvalue weighted by atomic mass is 9.71. The first-order valence-corrected chi connectivity index (χ1v) is 13.2. The molecule has 4 rings (SSSR count). The fraction of sp³-hybridized carbons (Fsp3) is 0.679. The average molecular weight is 498 g/mol. The third kappa shape index (κ3) is 6.01. The number of amides is 2. The number of nitriles is 1. The molecule has 8 nitrogen and oxygen atoms in total. The molecule has 2 amide bonds. The molecule has 36 heavy (non-hydrogen) atoms. The van der Waals surface area contributed by atoms with Crippen molar-refractivity contribution in [1.29, 1.82) is 5.26 Å². The van der Waals surface area contributed by atoms with Crippen LogP contribution < -0.4 is 4.74 Å². The summed E-state index contributed by atoms with van der Waals surface area (Å²) in [6.45, 7) is 1.38. The topological polar surface area (TPSA) is 92.1 Å². The van der Waals surface area contributed by atoms with Crippen molar-refractivity contribution in [1.82, 2.24) is 9.80 Å². The van der Waals surface area contributed by atoms with Crippen molar-refractivity contribution in [2.24, 2.45) is 5.41 Å². The van der Waals surface area contributed by atoms with E-state index in [1.54, 1.807) is 37.3 Å². The van der Waals surface area contributed by atoms with Crippen molar-refractivity contribution in [3.63, 3.8) is 0 Å². The van der Waals surface area contributed by atoms with E-state index in [9.17, 15) is 14.9 Å². The van der Waals surface area contributed by atoms with E-state index in [4.69, 9.17) is 14.2 Å². The highest BCUT2D eigenvalue weighted by atomic mass is 16.6. The van der Waals surface area contributed by atoms with Crippen LogP contribution in [0, 0.1) is 16.7 Å². The molecule has 1 spiro atoms. The molecule has 2 heterocycles. The van der Waals surface area contributed by atoms with E-state index in [2.05, 4.69) is 6.07 Å². The number of hydrogen-bond acceptors (Lipinski definition) is 6. The molecule has 0 unspecified atom stereocenters. The lowest BCUT2D eigenvalue weighted by molar-refractivity contribution is -0.146. The van der Waals surface area contributed by atoms with Gasteiger partial charge in [-0.25, -0.2) is 0 Å². The van der Waals surface area contributed by atoms with Crippen LogP contribution in [0.15, 0.2) is 18.2 Å². The molecule has 2 aliphatic heterocycles. The van der Waals surface area contributed by atoms with E-state index in [0.29, 0.717) is 36.4 Å². The van der Waals surface area contributed by atoms with E-state index < -0.39 is 0 Å². The molecule has 196 valence electrons. The van der Waals surface area contributed by atoms with E-state index in [1.807, 2.05) is 11.9 Å². The molecule has 2 bridgehead atoms. The summed E-state index contributed by atoms with van der Waals surface area (Å²) in [5, 5.41) is 9.47. The zero-order chi connectivity index (χ0) is 25.7. The summed E-state index contributed by atoms with van der Waals surface area (Å²) >= 11 is 0. The Morgan fingerprint density at radius 3 is 2.58 bits per heavy atom. The zero-order valence-electron chi connectivity index (χ0n) is 21.8. The molecule has 1 aromatic rings. The summed E-state index contributed by atoms with van der Waals surface area (Å²) in [6.07, 6.45) is 7.68. The molecule has 1 saturated carbocycles. The fourth-order valence-corrected chi connectivity index (χ4v) is 6.02. The van der Waals surface area contributed by atoms with Crippen LogP contribution in [0.25, 0.3) is 0 Å². The molecule has 3 atom stereocenters. The van der Waals surface area contributed by atoms with Gasteiger partial charge >= 0.3 is 0 Å². The van der Waals surface area contributed by atoms with Gasteiger partial charge in [-0.2, -0.15) is 5.26 Å². The van der Waals surface area contributed by atoms with Gasteiger partial charge in [0.2, 0.25) is 5.91 Å². The van der Waals surface area contributed by atoms with Crippen LogP contribution >= 0.6 is 0 Å². The average Bonchev–Trinajstić information content (AvgIpc) is 2.89. The first-order valence-electron chi connectivity index (χ1n) is 13.2. The normalized spacial score (nSPS) is 27.8. The van der Waals surface area contributed by atoms with Crippen LogP contribution in [0.4, 0.5) is 0 Å². The van der Waals surface area contributed by atoms with Crippen molar-refractivity contribution in [2.45, 2.75) is 76.1 Å². The molecule has 0 N–H and O–H groups in total. The Balaban J connectivity index is 1.67.